The summed E-state index contributed by atoms with van der Waals surface area (Å²) in [5.74, 6) is 0.844. The molecule has 0 bridgehead atoms. The molecule has 32 heavy (non-hydrogen) atoms. The Labute approximate surface area is 185 Å². The number of carbonyl (C=O) groups excluding carboxylic acids is 1. The number of aliphatic hydroxyl groups excluding tert-OH is 1. The number of rotatable bonds is 6. The van der Waals surface area contributed by atoms with Crippen molar-refractivity contribution < 1.29 is 9.90 Å². The molecular weight excluding hydrogens is 406 g/mol. The largest absolute Gasteiger partial charge is 0.389 e. The maximum Gasteiger partial charge on any atom is 0.227 e. The van der Waals surface area contributed by atoms with Crippen LogP contribution in [0, 0.1) is 17.2 Å². The molecule has 9 nitrogen and oxygen atoms in total. The number of nitriles is 1. The Morgan fingerprint density at radius 2 is 1.97 bits per heavy atom. The molecule has 0 aliphatic carbocycles. The fourth-order valence-corrected chi connectivity index (χ4v) is 3.20. The van der Waals surface area contributed by atoms with Crippen LogP contribution in [0.15, 0.2) is 48.8 Å². The zero-order valence-corrected chi connectivity index (χ0v) is 17.8. The average Bonchev–Trinajstić information content (AvgIpc) is 2.77. The molecule has 0 unspecified atom stereocenters. The van der Waals surface area contributed by atoms with Crippen molar-refractivity contribution in [1.29, 1.82) is 5.26 Å². The molecule has 0 radical (unpaired) electrons. The molecule has 3 heterocycles. The molecule has 1 fully saturated rings. The molecule has 1 aliphatic heterocycles. The lowest BCUT2D eigenvalue weighted by molar-refractivity contribution is -0.118. The number of anilines is 4. The van der Waals surface area contributed by atoms with Gasteiger partial charge in [0, 0.05) is 48.7 Å². The maximum atomic E-state index is 12.0. The van der Waals surface area contributed by atoms with Crippen molar-refractivity contribution in [3.63, 3.8) is 0 Å². The van der Waals surface area contributed by atoms with Gasteiger partial charge in [-0.25, -0.2) is 15.0 Å². The smallest absolute Gasteiger partial charge is 0.227 e. The SMILES string of the molecule is CC(C)C(=O)Nc1ccc(-c2ccnc(Nc3ccnc(N4CC(O)C4)c3)n2)cc1C#N. The van der Waals surface area contributed by atoms with Crippen LogP contribution >= 0.6 is 0 Å². The van der Waals surface area contributed by atoms with E-state index in [0.29, 0.717) is 36.0 Å². The van der Waals surface area contributed by atoms with E-state index in [0.717, 1.165) is 17.1 Å². The first-order valence-corrected chi connectivity index (χ1v) is 10.3. The van der Waals surface area contributed by atoms with Gasteiger partial charge < -0.3 is 20.6 Å². The third kappa shape index (κ3) is 4.66. The van der Waals surface area contributed by atoms with Crippen molar-refractivity contribution in [2.24, 2.45) is 5.92 Å². The number of pyridine rings is 1. The second-order valence-electron chi connectivity index (χ2n) is 7.87. The Balaban J connectivity index is 1.54. The quantitative estimate of drug-likeness (QED) is 0.546. The highest BCUT2D eigenvalue weighted by Crippen LogP contribution is 2.26. The maximum absolute atomic E-state index is 12.0. The minimum absolute atomic E-state index is 0.146. The standard InChI is InChI=1S/C23H23N7O2/c1-14(2)22(32)28-19-4-3-15(9-16(19)11-24)20-6-8-26-23(29-20)27-17-5-7-25-21(10-17)30-12-18(31)13-30/h3-10,14,18,31H,12-13H2,1-2H3,(H,28,32)(H,25,26,27,29). The van der Waals surface area contributed by atoms with Gasteiger partial charge in [0.05, 0.1) is 23.0 Å². The summed E-state index contributed by atoms with van der Waals surface area (Å²) < 4.78 is 0. The number of hydrogen-bond donors (Lipinski definition) is 3. The highest BCUT2D eigenvalue weighted by Gasteiger charge is 2.25. The van der Waals surface area contributed by atoms with E-state index < -0.39 is 0 Å². The van der Waals surface area contributed by atoms with Crippen molar-refractivity contribution in [2.45, 2.75) is 20.0 Å². The van der Waals surface area contributed by atoms with Gasteiger partial charge in [0.15, 0.2) is 0 Å². The van der Waals surface area contributed by atoms with Gasteiger partial charge in [0.25, 0.3) is 0 Å². The van der Waals surface area contributed by atoms with Crippen LogP contribution < -0.4 is 15.5 Å². The van der Waals surface area contributed by atoms with Crippen molar-refractivity contribution in [3.8, 4) is 17.3 Å². The summed E-state index contributed by atoms with van der Waals surface area (Å²) in [6.07, 6.45) is 3.02. The number of amides is 1. The van der Waals surface area contributed by atoms with Crippen molar-refractivity contribution in [3.05, 3.63) is 54.4 Å². The van der Waals surface area contributed by atoms with Gasteiger partial charge in [-0.1, -0.05) is 19.9 Å². The number of aromatic nitrogens is 3. The summed E-state index contributed by atoms with van der Waals surface area (Å²) in [6, 6.07) is 12.8. The number of nitrogens with one attached hydrogen (secondary N) is 2. The molecule has 1 saturated heterocycles. The van der Waals surface area contributed by atoms with Crippen LogP contribution in [0.2, 0.25) is 0 Å². The highest BCUT2D eigenvalue weighted by molar-refractivity contribution is 5.93. The number of aliphatic hydroxyl groups is 1. The Bertz CT molecular complexity index is 1180. The van der Waals surface area contributed by atoms with Crippen LogP contribution in [-0.2, 0) is 4.79 Å². The predicted molar refractivity (Wildman–Crippen MR) is 121 cm³/mol. The minimum Gasteiger partial charge on any atom is -0.389 e. The molecule has 3 N–H and O–H groups in total. The summed E-state index contributed by atoms with van der Waals surface area (Å²) in [5, 5.41) is 25.0. The monoisotopic (exact) mass is 429 g/mol. The summed E-state index contributed by atoms with van der Waals surface area (Å²) in [6.45, 7) is 4.72. The van der Waals surface area contributed by atoms with Crippen molar-refractivity contribution in [2.75, 3.05) is 28.6 Å². The number of carbonyl (C=O) groups is 1. The number of hydrogen-bond acceptors (Lipinski definition) is 8. The molecule has 0 spiro atoms. The first-order chi connectivity index (χ1) is 15.4. The fraction of sp³-hybridized carbons (Fsp3) is 0.261. The highest BCUT2D eigenvalue weighted by atomic mass is 16.3. The molecule has 162 valence electrons. The van der Waals surface area contributed by atoms with Crippen LogP contribution in [0.5, 0.6) is 0 Å². The number of nitrogens with zero attached hydrogens (tertiary/aromatic N) is 5. The Kier molecular flexibility index (Phi) is 5.96. The average molecular weight is 429 g/mol. The van der Waals surface area contributed by atoms with E-state index in [1.165, 1.54) is 0 Å². The minimum atomic E-state index is -0.309. The molecule has 1 aromatic carbocycles. The number of β-amino-alcohol motifs (C(OH)–C–C–N with tert-alkyl or cyclic N) is 1. The first kappa shape index (κ1) is 21.2. The van der Waals surface area contributed by atoms with Gasteiger partial charge in [-0.15, -0.1) is 0 Å². The predicted octanol–water partition coefficient (Wildman–Crippen LogP) is 2.93. The Hall–Kier alpha value is -4.03. The van der Waals surface area contributed by atoms with E-state index >= 15 is 0 Å². The first-order valence-electron chi connectivity index (χ1n) is 10.3. The lowest BCUT2D eigenvalue weighted by Crippen LogP contribution is -2.51. The normalized spacial score (nSPS) is 13.4. The topological polar surface area (TPSA) is 127 Å². The van der Waals surface area contributed by atoms with E-state index in [-0.39, 0.29) is 17.9 Å². The van der Waals surface area contributed by atoms with Crippen molar-refractivity contribution in [1.82, 2.24) is 15.0 Å². The van der Waals surface area contributed by atoms with Gasteiger partial charge >= 0.3 is 0 Å². The second-order valence-corrected chi connectivity index (χ2v) is 7.87. The van der Waals surface area contributed by atoms with E-state index in [1.807, 2.05) is 23.1 Å². The van der Waals surface area contributed by atoms with Crippen LogP contribution in [0.3, 0.4) is 0 Å². The summed E-state index contributed by atoms with van der Waals surface area (Å²) in [7, 11) is 0. The van der Waals surface area contributed by atoms with Crippen LogP contribution in [-0.4, -0.2) is 45.2 Å². The zero-order valence-electron chi connectivity index (χ0n) is 17.8. The lowest BCUT2D eigenvalue weighted by atomic mass is 10.1. The Morgan fingerprint density at radius 3 is 2.69 bits per heavy atom. The molecule has 0 saturated carbocycles. The van der Waals surface area contributed by atoms with Crippen molar-refractivity contribution >= 4 is 29.0 Å². The van der Waals surface area contributed by atoms with E-state index in [2.05, 4.69) is 31.7 Å². The van der Waals surface area contributed by atoms with E-state index in [1.54, 1.807) is 44.4 Å². The molecular formula is C23H23N7O2. The summed E-state index contributed by atoms with van der Waals surface area (Å²) >= 11 is 0. The number of benzene rings is 1. The van der Waals surface area contributed by atoms with Gasteiger partial charge in [-0.05, 0) is 24.3 Å². The van der Waals surface area contributed by atoms with Gasteiger partial charge in [-0.2, -0.15) is 5.26 Å². The molecule has 9 heteroatoms. The second kappa shape index (κ2) is 8.99. The van der Waals surface area contributed by atoms with Gasteiger partial charge in [-0.3, -0.25) is 4.79 Å². The van der Waals surface area contributed by atoms with E-state index in [9.17, 15) is 15.2 Å². The third-order valence-electron chi connectivity index (χ3n) is 5.06. The molecule has 3 aromatic rings. The van der Waals surface area contributed by atoms with Crippen LogP contribution in [0.1, 0.15) is 19.4 Å². The van der Waals surface area contributed by atoms with Crippen LogP contribution in [0.25, 0.3) is 11.3 Å². The van der Waals surface area contributed by atoms with E-state index in [4.69, 9.17) is 0 Å². The molecule has 1 amide bonds. The van der Waals surface area contributed by atoms with Gasteiger partial charge in [0.2, 0.25) is 11.9 Å². The zero-order chi connectivity index (χ0) is 22.7. The van der Waals surface area contributed by atoms with Crippen LogP contribution in [0.4, 0.5) is 23.1 Å². The molecule has 1 aliphatic rings. The van der Waals surface area contributed by atoms with Gasteiger partial charge in [0.1, 0.15) is 11.9 Å². The Morgan fingerprint density at radius 1 is 1.19 bits per heavy atom. The molecule has 2 aromatic heterocycles. The molecule has 0 atom stereocenters. The fourth-order valence-electron chi connectivity index (χ4n) is 3.20. The summed E-state index contributed by atoms with van der Waals surface area (Å²) in [4.78, 5) is 27.1. The lowest BCUT2D eigenvalue weighted by Gasteiger charge is -2.36. The summed E-state index contributed by atoms with van der Waals surface area (Å²) in [5.41, 5.74) is 2.99. The third-order valence-corrected chi connectivity index (χ3v) is 5.06. The molecule has 4 rings (SSSR count).